The Morgan fingerprint density at radius 2 is 2.00 bits per heavy atom. The van der Waals surface area contributed by atoms with Gasteiger partial charge in [0.1, 0.15) is 11.8 Å². The van der Waals surface area contributed by atoms with Crippen molar-refractivity contribution in [2.75, 3.05) is 5.32 Å². The molecule has 140 valence electrons. The van der Waals surface area contributed by atoms with Crippen LogP contribution in [0.25, 0.3) is 11.4 Å². The number of hydrogen-bond donors (Lipinski definition) is 2. The van der Waals surface area contributed by atoms with Crippen molar-refractivity contribution in [3.63, 3.8) is 0 Å². The predicted molar refractivity (Wildman–Crippen MR) is 106 cm³/mol. The Hall–Kier alpha value is -3.12. The minimum absolute atomic E-state index is 0.110. The van der Waals surface area contributed by atoms with Crippen LogP contribution >= 0.6 is 11.6 Å². The van der Waals surface area contributed by atoms with Gasteiger partial charge in [-0.2, -0.15) is 4.98 Å². The lowest BCUT2D eigenvalue weighted by molar-refractivity contribution is -0.116. The van der Waals surface area contributed by atoms with E-state index in [-0.39, 0.29) is 11.5 Å². The zero-order valence-corrected chi connectivity index (χ0v) is 15.6. The third kappa shape index (κ3) is 2.68. The first-order valence-electron chi connectivity index (χ1n) is 9.15. The highest BCUT2D eigenvalue weighted by atomic mass is 35.5. The van der Waals surface area contributed by atoms with Crippen molar-refractivity contribution < 1.29 is 9.90 Å². The largest absolute Gasteiger partial charge is 0.508 e. The molecule has 28 heavy (non-hydrogen) atoms. The molecule has 0 bridgehead atoms. The summed E-state index contributed by atoms with van der Waals surface area (Å²) in [7, 11) is 0. The number of fused-ring (bicyclic) bond motifs is 1. The second kappa shape index (κ2) is 6.49. The molecule has 0 saturated carbocycles. The fourth-order valence-corrected chi connectivity index (χ4v) is 4.15. The van der Waals surface area contributed by atoms with Crippen molar-refractivity contribution in [1.29, 1.82) is 0 Å². The molecule has 1 atom stereocenters. The molecule has 1 unspecified atom stereocenters. The molecule has 2 heterocycles. The van der Waals surface area contributed by atoms with Crippen LogP contribution in [0.3, 0.4) is 0 Å². The summed E-state index contributed by atoms with van der Waals surface area (Å²) in [5.74, 6) is 1.30. The molecule has 0 radical (unpaired) electrons. The van der Waals surface area contributed by atoms with Gasteiger partial charge in [-0.05, 0) is 31.0 Å². The van der Waals surface area contributed by atoms with E-state index in [4.69, 9.17) is 11.6 Å². The molecule has 6 nitrogen and oxygen atoms in total. The van der Waals surface area contributed by atoms with E-state index in [9.17, 15) is 9.90 Å². The fourth-order valence-electron chi connectivity index (χ4n) is 3.91. The number of Topliss-reactive ketones (excluding diaryl/α,β-unsaturated/α-hetero) is 1. The lowest BCUT2D eigenvalue weighted by Crippen LogP contribution is -2.31. The quantitative estimate of drug-likeness (QED) is 0.678. The van der Waals surface area contributed by atoms with Crippen LogP contribution in [0.2, 0.25) is 5.02 Å². The fraction of sp³-hybridized carbons (Fsp3) is 0.190. The average molecular weight is 393 g/mol. The second-order valence-corrected chi connectivity index (χ2v) is 7.38. The number of hydrogen-bond acceptors (Lipinski definition) is 5. The number of nitrogens with one attached hydrogen (secondary N) is 1. The summed E-state index contributed by atoms with van der Waals surface area (Å²) in [6, 6.07) is 13.9. The summed E-state index contributed by atoms with van der Waals surface area (Å²) in [5.41, 5.74) is 3.12. The van der Waals surface area contributed by atoms with Gasteiger partial charge in [-0.1, -0.05) is 41.9 Å². The number of rotatable bonds is 2. The van der Waals surface area contributed by atoms with Gasteiger partial charge in [0.15, 0.2) is 11.6 Å². The lowest BCUT2D eigenvalue weighted by Gasteiger charge is -2.32. The maximum absolute atomic E-state index is 12.8. The minimum Gasteiger partial charge on any atom is -0.508 e. The van der Waals surface area contributed by atoms with Gasteiger partial charge >= 0.3 is 0 Å². The molecule has 7 heteroatoms. The van der Waals surface area contributed by atoms with E-state index < -0.39 is 6.04 Å². The topological polar surface area (TPSA) is 80.0 Å². The number of anilines is 1. The summed E-state index contributed by atoms with van der Waals surface area (Å²) in [4.78, 5) is 17.4. The first-order valence-corrected chi connectivity index (χ1v) is 9.53. The van der Waals surface area contributed by atoms with Crippen molar-refractivity contribution >= 4 is 23.3 Å². The van der Waals surface area contributed by atoms with Crippen LogP contribution in [0.15, 0.2) is 59.8 Å². The van der Waals surface area contributed by atoms with Crippen LogP contribution < -0.4 is 5.32 Å². The van der Waals surface area contributed by atoms with E-state index in [2.05, 4.69) is 15.4 Å². The number of aromatic nitrogens is 3. The third-order valence-corrected chi connectivity index (χ3v) is 5.52. The van der Waals surface area contributed by atoms with Crippen LogP contribution in [0, 0.1) is 0 Å². The van der Waals surface area contributed by atoms with Crippen LogP contribution in [0.5, 0.6) is 5.75 Å². The number of benzene rings is 2. The molecule has 2 aliphatic rings. The van der Waals surface area contributed by atoms with Gasteiger partial charge in [-0.3, -0.25) is 4.79 Å². The van der Waals surface area contributed by atoms with Gasteiger partial charge in [-0.15, -0.1) is 5.10 Å². The van der Waals surface area contributed by atoms with Gasteiger partial charge < -0.3 is 10.4 Å². The Bertz CT molecular complexity index is 1130. The number of allylic oxidation sites excluding steroid dienone is 2. The third-order valence-electron chi connectivity index (χ3n) is 5.17. The Balaban J connectivity index is 1.71. The molecular weight excluding hydrogens is 376 g/mol. The molecule has 0 spiro atoms. The van der Waals surface area contributed by atoms with Crippen LogP contribution in [-0.2, 0) is 4.79 Å². The van der Waals surface area contributed by atoms with Gasteiger partial charge in [-0.25, -0.2) is 4.68 Å². The van der Waals surface area contributed by atoms with Gasteiger partial charge in [0.2, 0.25) is 5.95 Å². The summed E-state index contributed by atoms with van der Waals surface area (Å²) >= 11 is 6.50. The second-order valence-electron chi connectivity index (χ2n) is 6.97. The smallest absolute Gasteiger partial charge is 0.226 e. The highest BCUT2D eigenvalue weighted by molar-refractivity contribution is 6.31. The normalized spacial score (nSPS) is 18.5. The lowest BCUT2D eigenvalue weighted by atomic mass is 9.85. The molecule has 2 aromatic carbocycles. The van der Waals surface area contributed by atoms with Crippen LogP contribution in [0.1, 0.15) is 30.9 Å². The maximum atomic E-state index is 12.8. The van der Waals surface area contributed by atoms with E-state index in [0.717, 1.165) is 24.1 Å². The number of ketones is 1. The number of aromatic hydroxyl groups is 1. The van der Waals surface area contributed by atoms with Crippen LogP contribution in [-0.4, -0.2) is 25.7 Å². The molecule has 0 amide bonds. The van der Waals surface area contributed by atoms with Crippen LogP contribution in [0.4, 0.5) is 5.95 Å². The monoisotopic (exact) mass is 392 g/mol. The number of phenols is 1. The van der Waals surface area contributed by atoms with Gasteiger partial charge in [0.05, 0.1) is 0 Å². The Labute approximate surface area is 166 Å². The highest BCUT2D eigenvalue weighted by Gasteiger charge is 2.37. The summed E-state index contributed by atoms with van der Waals surface area (Å²) in [6.45, 7) is 0. The number of carbonyl (C=O) groups excluding carboxylic acids is 1. The standard InChI is InChI=1S/C21H17ClN4O2/c22-15-8-2-1-7-14(15)19-18-16(9-4-10-17(18)28)23-21-24-20(25-26(19)21)12-5-3-6-13(27)11-12/h1-3,5-8,11,19,27H,4,9-10H2,(H,23,24,25). The SMILES string of the molecule is O=C1CCCC2=C1C(c1ccccc1Cl)n1nc(-c3cccc(O)c3)nc1N2. The molecule has 1 aliphatic carbocycles. The van der Waals surface area contributed by atoms with Crippen molar-refractivity contribution in [3.8, 4) is 17.1 Å². The summed E-state index contributed by atoms with van der Waals surface area (Å²) < 4.78 is 1.72. The Morgan fingerprint density at radius 3 is 2.82 bits per heavy atom. The average Bonchev–Trinajstić information content (AvgIpc) is 3.11. The van der Waals surface area contributed by atoms with E-state index in [1.54, 1.807) is 22.9 Å². The zero-order valence-electron chi connectivity index (χ0n) is 14.9. The van der Waals surface area contributed by atoms with Gasteiger partial charge in [0, 0.05) is 33.8 Å². The number of carbonyl (C=O) groups is 1. The molecule has 2 N–H and O–H groups in total. The molecule has 3 aromatic rings. The molecule has 1 aliphatic heterocycles. The van der Waals surface area contributed by atoms with Crippen molar-refractivity contribution in [2.24, 2.45) is 0 Å². The number of phenolic OH excluding ortho intramolecular Hbond substituents is 1. The Kier molecular flexibility index (Phi) is 3.94. The molecule has 0 saturated heterocycles. The predicted octanol–water partition coefficient (Wildman–Crippen LogP) is 4.33. The number of nitrogens with zero attached hydrogens (tertiary/aromatic N) is 3. The first kappa shape index (κ1) is 17.0. The van der Waals surface area contributed by atoms with E-state index in [1.807, 2.05) is 30.3 Å². The van der Waals surface area contributed by atoms with Crippen molar-refractivity contribution in [3.05, 3.63) is 70.4 Å². The maximum Gasteiger partial charge on any atom is 0.226 e. The van der Waals surface area contributed by atoms with Crippen molar-refractivity contribution in [2.45, 2.75) is 25.3 Å². The van der Waals surface area contributed by atoms with Gasteiger partial charge in [0.25, 0.3) is 0 Å². The molecule has 5 rings (SSSR count). The number of halogens is 1. The first-order chi connectivity index (χ1) is 13.6. The molecular formula is C21H17ClN4O2. The highest BCUT2D eigenvalue weighted by Crippen LogP contribution is 2.42. The van der Waals surface area contributed by atoms with E-state index in [1.165, 1.54) is 0 Å². The molecule has 0 fully saturated rings. The summed E-state index contributed by atoms with van der Waals surface area (Å²) in [6.07, 6.45) is 2.12. The van der Waals surface area contributed by atoms with Crippen molar-refractivity contribution in [1.82, 2.24) is 14.8 Å². The minimum atomic E-state index is -0.425. The Morgan fingerprint density at radius 1 is 1.14 bits per heavy atom. The van der Waals surface area contributed by atoms with E-state index >= 15 is 0 Å². The zero-order chi connectivity index (χ0) is 19.3. The van der Waals surface area contributed by atoms with E-state index in [0.29, 0.717) is 34.4 Å². The molecule has 1 aromatic heterocycles. The summed E-state index contributed by atoms with van der Waals surface area (Å²) in [5, 5.41) is 18.4.